The van der Waals surface area contributed by atoms with E-state index in [9.17, 15) is 8.42 Å². The number of nitrogens with one attached hydrogen (secondary N) is 1. The van der Waals surface area contributed by atoms with Gasteiger partial charge in [0, 0.05) is 12.1 Å². The highest BCUT2D eigenvalue weighted by Crippen LogP contribution is 2.41. The zero-order valence-corrected chi connectivity index (χ0v) is 16.4. The van der Waals surface area contributed by atoms with Crippen LogP contribution in [0.2, 0.25) is 0 Å². The summed E-state index contributed by atoms with van der Waals surface area (Å²) in [6.45, 7) is 2.68. The first kappa shape index (κ1) is 18.5. The predicted octanol–water partition coefficient (Wildman–Crippen LogP) is 4.40. The minimum Gasteiger partial charge on any atom is -0.493 e. The third-order valence-electron chi connectivity index (χ3n) is 4.75. The van der Waals surface area contributed by atoms with Gasteiger partial charge in [-0.3, -0.25) is 0 Å². The summed E-state index contributed by atoms with van der Waals surface area (Å²) in [5.41, 5.74) is 2.31. The first-order valence-electron chi connectivity index (χ1n) is 9.24. The van der Waals surface area contributed by atoms with E-state index in [1.807, 2.05) is 67.6 Å². The summed E-state index contributed by atoms with van der Waals surface area (Å²) in [5, 5.41) is 3.40. The molecule has 1 aliphatic rings. The van der Waals surface area contributed by atoms with Crippen LogP contribution in [0.3, 0.4) is 0 Å². The summed E-state index contributed by atoms with van der Waals surface area (Å²) < 4.78 is 34.3. The van der Waals surface area contributed by atoms with E-state index in [1.54, 1.807) is 18.2 Å². The van der Waals surface area contributed by atoms with Crippen LogP contribution in [-0.2, 0) is 16.6 Å². The molecule has 0 amide bonds. The van der Waals surface area contributed by atoms with Gasteiger partial charge in [0.2, 0.25) is 10.0 Å². The summed E-state index contributed by atoms with van der Waals surface area (Å²) in [5.74, 6) is 0.676. The standard InChI is InChI=1S/C22H22N2O3S/c1-2-27-20-14-8-6-12-18(20)22-23-19-13-7-9-15-21(19)28(25,26)24(22)16-17-10-4-3-5-11-17/h3-15,22-23H,2,16H2,1H3. The van der Waals surface area contributed by atoms with E-state index >= 15 is 0 Å². The van der Waals surface area contributed by atoms with Crippen molar-refractivity contribution in [3.05, 3.63) is 90.0 Å². The van der Waals surface area contributed by atoms with Crippen LogP contribution in [0.1, 0.15) is 24.2 Å². The minimum atomic E-state index is -3.69. The molecule has 0 saturated carbocycles. The maximum atomic E-state index is 13.5. The van der Waals surface area contributed by atoms with Gasteiger partial charge in [0.25, 0.3) is 0 Å². The summed E-state index contributed by atoms with van der Waals surface area (Å²) in [6.07, 6.45) is -0.567. The number of hydrogen-bond donors (Lipinski definition) is 1. The molecule has 1 N–H and O–H groups in total. The zero-order chi connectivity index (χ0) is 19.6. The van der Waals surface area contributed by atoms with E-state index in [0.29, 0.717) is 18.0 Å². The minimum absolute atomic E-state index is 0.260. The van der Waals surface area contributed by atoms with Crippen LogP contribution in [0.25, 0.3) is 0 Å². The fraction of sp³-hybridized carbons (Fsp3) is 0.182. The molecule has 0 saturated heterocycles. The van der Waals surface area contributed by atoms with Gasteiger partial charge in [0.1, 0.15) is 16.8 Å². The van der Waals surface area contributed by atoms with Gasteiger partial charge in [-0.25, -0.2) is 8.42 Å². The van der Waals surface area contributed by atoms with Gasteiger partial charge < -0.3 is 10.1 Å². The smallest absolute Gasteiger partial charge is 0.247 e. The third kappa shape index (κ3) is 3.37. The van der Waals surface area contributed by atoms with Crippen LogP contribution in [0.4, 0.5) is 5.69 Å². The van der Waals surface area contributed by atoms with Gasteiger partial charge >= 0.3 is 0 Å². The van der Waals surface area contributed by atoms with Crippen LogP contribution in [0, 0.1) is 0 Å². The predicted molar refractivity (Wildman–Crippen MR) is 110 cm³/mol. The Hall–Kier alpha value is -2.83. The van der Waals surface area contributed by atoms with Crippen molar-refractivity contribution in [2.75, 3.05) is 11.9 Å². The number of nitrogens with zero attached hydrogens (tertiary/aromatic N) is 1. The van der Waals surface area contributed by atoms with Crippen molar-refractivity contribution in [3.63, 3.8) is 0 Å². The lowest BCUT2D eigenvalue weighted by atomic mass is 10.1. The fourth-order valence-electron chi connectivity index (χ4n) is 3.46. The summed E-state index contributed by atoms with van der Waals surface area (Å²) >= 11 is 0. The maximum Gasteiger partial charge on any atom is 0.247 e. The van der Waals surface area contributed by atoms with Crippen LogP contribution in [0.15, 0.2) is 83.8 Å². The van der Waals surface area contributed by atoms with Crippen molar-refractivity contribution in [2.24, 2.45) is 0 Å². The molecule has 144 valence electrons. The van der Waals surface area contributed by atoms with Crippen molar-refractivity contribution in [2.45, 2.75) is 24.5 Å². The zero-order valence-electron chi connectivity index (χ0n) is 15.6. The van der Waals surface area contributed by atoms with Crippen molar-refractivity contribution in [3.8, 4) is 5.75 Å². The molecule has 0 radical (unpaired) electrons. The molecule has 1 unspecified atom stereocenters. The Labute approximate surface area is 165 Å². The second-order valence-electron chi connectivity index (χ2n) is 6.55. The van der Waals surface area contributed by atoms with E-state index in [-0.39, 0.29) is 11.4 Å². The van der Waals surface area contributed by atoms with Crippen LogP contribution < -0.4 is 10.1 Å². The van der Waals surface area contributed by atoms with E-state index < -0.39 is 16.2 Å². The van der Waals surface area contributed by atoms with Crippen molar-refractivity contribution in [1.82, 2.24) is 4.31 Å². The SMILES string of the molecule is CCOc1ccccc1C1Nc2ccccc2S(=O)(=O)N1Cc1ccccc1. The van der Waals surface area contributed by atoms with E-state index in [4.69, 9.17) is 4.74 Å². The maximum absolute atomic E-state index is 13.5. The molecule has 1 atom stereocenters. The lowest BCUT2D eigenvalue weighted by molar-refractivity contribution is 0.305. The Balaban J connectivity index is 1.85. The van der Waals surface area contributed by atoms with E-state index in [1.165, 1.54) is 4.31 Å². The van der Waals surface area contributed by atoms with Crippen LogP contribution in [0.5, 0.6) is 5.75 Å². The lowest BCUT2D eigenvalue weighted by Gasteiger charge is -2.38. The molecule has 0 aromatic heterocycles. The third-order valence-corrected chi connectivity index (χ3v) is 6.62. The highest BCUT2D eigenvalue weighted by molar-refractivity contribution is 7.89. The molecule has 6 heteroatoms. The molecule has 0 spiro atoms. The average molecular weight is 394 g/mol. The highest BCUT2D eigenvalue weighted by atomic mass is 32.2. The second-order valence-corrected chi connectivity index (χ2v) is 8.41. The molecular weight excluding hydrogens is 372 g/mol. The van der Waals surface area contributed by atoms with Crippen molar-refractivity contribution >= 4 is 15.7 Å². The lowest BCUT2D eigenvalue weighted by Crippen LogP contribution is -2.42. The molecule has 3 aromatic carbocycles. The number of fused-ring (bicyclic) bond motifs is 1. The molecule has 28 heavy (non-hydrogen) atoms. The number of sulfonamides is 1. The fourth-order valence-corrected chi connectivity index (χ4v) is 5.13. The first-order valence-corrected chi connectivity index (χ1v) is 10.7. The highest BCUT2D eigenvalue weighted by Gasteiger charge is 2.39. The number of rotatable bonds is 5. The molecular formula is C22H22N2O3S. The van der Waals surface area contributed by atoms with Gasteiger partial charge in [-0.2, -0.15) is 4.31 Å². The molecule has 0 bridgehead atoms. The summed E-state index contributed by atoms with van der Waals surface area (Å²) in [4.78, 5) is 0.288. The van der Waals surface area contributed by atoms with Crippen molar-refractivity contribution in [1.29, 1.82) is 0 Å². The van der Waals surface area contributed by atoms with Crippen molar-refractivity contribution < 1.29 is 13.2 Å². The molecule has 4 rings (SSSR count). The average Bonchev–Trinajstić information content (AvgIpc) is 2.72. The molecule has 3 aromatic rings. The Morgan fingerprint density at radius 2 is 1.61 bits per heavy atom. The summed E-state index contributed by atoms with van der Waals surface area (Å²) in [6, 6.07) is 24.2. The first-order chi connectivity index (χ1) is 13.6. The van der Waals surface area contributed by atoms with Gasteiger partial charge in [-0.1, -0.05) is 60.7 Å². The largest absolute Gasteiger partial charge is 0.493 e. The summed E-state index contributed by atoms with van der Waals surface area (Å²) in [7, 11) is -3.69. The number of hydrogen-bond acceptors (Lipinski definition) is 4. The Morgan fingerprint density at radius 1 is 0.929 bits per heavy atom. The van der Waals surface area contributed by atoms with E-state index in [0.717, 1.165) is 11.1 Å². The topological polar surface area (TPSA) is 58.6 Å². The monoisotopic (exact) mass is 394 g/mol. The number of ether oxygens (including phenoxy) is 1. The Kier molecular flexibility index (Phi) is 5.07. The van der Waals surface area contributed by atoms with Gasteiger partial charge in [0.15, 0.2) is 0 Å². The molecule has 0 fully saturated rings. The molecule has 5 nitrogen and oxygen atoms in total. The Bertz CT molecular complexity index is 1070. The molecule has 1 aliphatic heterocycles. The van der Waals surface area contributed by atoms with Crippen LogP contribution >= 0.6 is 0 Å². The molecule has 1 heterocycles. The number of benzene rings is 3. The quantitative estimate of drug-likeness (QED) is 0.697. The molecule has 0 aliphatic carbocycles. The number of anilines is 1. The van der Waals surface area contributed by atoms with Gasteiger partial charge in [-0.15, -0.1) is 0 Å². The van der Waals surface area contributed by atoms with Crippen LogP contribution in [-0.4, -0.2) is 19.3 Å². The normalized spacial score (nSPS) is 18.1. The number of para-hydroxylation sites is 2. The second kappa shape index (κ2) is 7.66. The Morgan fingerprint density at radius 3 is 2.39 bits per heavy atom. The van der Waals surface area contributed by atoms with Gasteiger partial charge in [0.05, 0.1) is 12.3 Å². The van der Waals surface area contributed by atoms with E-state index in [2.05, 4.69) is 5.32 Å². The van der Waals surface area contributed by atoms with Gasteiger partial charge in [-0.05, 0) is 30.7 Å².